The summed E-state index contributed by atoms with van der Waals surface area (Å²) in [5, 5.41) is 97.5. The van der Waals surface area contributed by atoms with Crippen LogP contribution < -0.4 is 41.2 Å². The highest BCUT2D eigenvalue weighted by molar-refractivity contribution is 9.10. The van der Waals surface area contributed by atoms with Crippen molar-refractivity contribution in [2.24, 2.45) is 50.1 Å². The molecule has 16 N–H and O–H groups in total. The fourth-order valence-electron chi connectivity index (χ4n) is 15.7. The standard InChI is InChI=1S/C23H24F3N5O6S.C21H23BrN6O5S.C21H23ClN6O6S.C17H21F3N6O5S2/c24-23(25,26)37-21-4-2-1-3-15(21)11-31-6-5-18(30-31)22(33)17-10-28-13-29-19(17)8-14-7-16(20(32)9-14)12-36-38(27,34)35;22-15-3-1-2-13(6-15)10-28-5-4-18(27-28)20(30)17-9-24-12-25-21(17)26-16-7-14(19(29)8-16)11-33-34(23,31)32;22-14-3-1-2-12(6-14)9-28-5-4-16(27-28)19(30)15-8-24-11-25-21(15)26-17-7-13(18(29)20(17)31)10-34-35(23,32)33;18-17(19,20)32-4-3-26-2-1-13(25-26)15(28)12-7-22-9-23-16(12)24-11-5-10(14(27)6-11)8-31-33(21,29)30/h1-6,10,13-14,16,20,32H,7-9,11-12H2,(H2,27,34,35);1-6,9,12,14,16,19,29H,7-8,10-11H2,(H2,23,31,32)(H,24,25,26);1-6,8,11,13,17-18,20,29,31H,7,9-10H2,(H2,23,32,33)(H,24,25,26);1-2,7,9-11,14,27H,3-6,8H2,(H2,21,29,30)(H,22,23,24)/t14-,16+,20-;14-,16-,19+;13-,17-,18-,20+;10-,11-,14+/m0111/s1. The van der Waals surface area contributed by atoms with Crippen LogP contribution in [0.3, 0.4) is 0 Å². The second-order valence-corrected chi connectivity index (χ2v) is 39.8. The Morgan fingerprint density at radius 2 is 0.871 bits per heavy atom. The van der Waals surface area contributed by atoms with Crippen molar-refractivity contribution in [2.45, 2.75) is 138 Å². The Kier molecular flexibility index (Phi) is 36.5. The lowest BCUT2D eigenvalue weighted by Gasteiger charge is -2.19. The number of ketones is 4. The molecule has 4 aliphatic carbocycles. The van der Waals surface area contributed by atoms with Crippen molar-refractivity contribution in [1.82, 2.24) is 79.0 Å². The van der Waals surface area contributed by atoms with E-state index in [1.165, 1.54) is 102 Å². The van der Waals surface area contributed by atoms with Gasteiger partial charge in [0.05, 0.1) is 111 Å². The Hall–Kier alpha value is -11.3. The lowest BCUT2D eigenvalue weighted by Crippen LogP contribution is -2.36. The summed E-state index contributed by atoms with van der Waals surface area (Å²) in [5.41, 5.74) is -0.645. The van der Waals surface area contributed by atoms with Crippen molar-refractivity contribution in [3.05, 3.63) is 249 Å². The summed E-state index contributed by atoms with van der Waals surface area (Å²) in [6.07, 6.45) is 9.45. The quantitative estimate of drug-likeness (QED) is 0.0183. The lowest BCUT2D eigenvalue weighted by atomic mass is 9.96. The molecule has 11 aromatic rings. The van der Waals surface area contributed by atoms with E-state index in [2.05, 4.69) is 114 Å². The van der Waals surface area contributed by atoms with E-state index >= 15 is 0 Å². The van der Waals surface area contributed by atoms with Crippen LogP contribution in [0.25, 0.3) is 0 Å². The SMILES string of the molecule is NS(=O)(=O)OC[C@H]1C[C@@H](Cc2ncncc2C(=O)c2ccn(Cc3ccccc3OC(F)(F)F)n2)C[C@@H]1O.NS(=O)(=O)OC[C@H]1C[C@@H](Nc2ncncc2C(=O)c2ccn(CCSC(F)(F)F)n2)C[C@@H]1O.NS(=O)(=O)OC[C@H]1C[C@@H](Nc2ncncc2C(=O)c2ccn(Cc3cccc(Br)c3)n2)C[C@@H]1O.NS(=O)(=O)OC[C@H]1C[C@@H](Nc2ncncc2C(=O)c2ccn(Cc3cccc(Cl)c3)n2)[C@H](O)[C@@H]1O. The fourth-order valence-corrected chi connectivity index (χ4v) is 18.3. The van der Waals surface area contributed by atoms with Gasteiger partial charge < -0.3 is 46.2 Å². The van der Waals surface area contributed by atoms with E-state index in [0.29, 0.717) is 68.1 Å². The predicted molar refractivity (Wildman–Crippen MR) is 487 cm³/mol. The van der Waals surface area contributed by atoms with Crippen LogP contribution in [0.1, 0.15) is 132 Å². The van der Waals surface area contributed by atoms with Crippen LogP contribution in [-0.2, 0) is 90.5 Å². The van der Waals surface area contributed by atoms with Gasteiger partial charge in [-0.05, 0) is 135 Å². The number of thioether (sulfide) groups is 1. The Labute approximate surface area is 812 Å². The van der Waals surface area contributed by atoms with Crippen LogP contribution in [-0.4, -0.2) is 254 Å². The van der Waals surface area contributed by atoms with Crippen molar-refractivity contribution < 1.29 is 126 Å². The molecule has 0 bridgehead atoms. The number of halogens is 8. The molecular formula is C82H91BrClF6N23O22S5. The minimum absolute atomic E-state index is 0.00995. The van der Waals surface area contributed by atoms with E-state index in [-0.39, 0.29) is 155 Å². The summed E-state index contributed by atoms with van der Waals surface area (Å²) in [6.45, 7) is -0.324. The van der Waals surface area contributed by atoms with Gasteiger partial charge in [-0.25, -0.2) is 60.4 Å². The number of carbonyl (C=O) groups is 4. The maximum Gasteiger partial charge on any atom is 0.573 e. The smallest absolute Gasteiger partial charge is 0.405 e. The summed E-state index contributed by atoms with van der Waals surface area (Å²) < 4.78 is 192. The number of nitrogens with one attached hydrogen (secondary N) is 3. The molecule has 4 aliphatic rings. The predicted octanol–water partition coefficient (Wildman–Crippen LogP) is 4.76. The third kappa shape index (κ3) is 32.6. The van der Waals surface area contributed by atoms with E-state index in [9.17, 15) is 105 Å². The molecule has 0 spiro atoms. The highest BCUT2D eigenvalue weighted by Gasteiger charge is 2.44. The second kappa shape index (κ2) is 47.5. The molecule has 45 nitrogen and oxygen atoms in total. The number of benzene rings is 3. The number of para-hydroxylation sites is 1. The monoisotopic (exact) mass is 2140 g/mol. The zero-order chi connectivity index (χ0) is 101. The number of carbonyl (C=O) groups excluding carboxylic acids is 4. The average molecular weight is 2140 g/mol. The Morgan fingerprint density at radius 1 is 0.464 bits per heavy atom. The number of anilines is 3. The van der Waals surface area contributed by atoms with Crippen LogP contribution in [0.15, 0.2) is 176 Å². The van der Waals surface area contributed by atoms with Crippen LogP contribution in [0, 0.1) is 29.6 Å². The first-order valence-electron chi connectivity index (χ1n) is 42.0. The van der Waals surface area contributed by atoms with Gasteiger partial charge in [-0.3, -0.25) is 54.6 Å². The summed E-state index contributed by atoms with van der Waals surface area (Å²) in [5.74, 6) is -3.96. The van der Waals surface area contributed by atoms with Crippen molar-refractivity contribution in [2.75, 3.05) is 48.1 Å². The highest BCUT2D eigenvalue weighted by Crippen LogP contribution is 2.38. The molecule has 0 aliphatic heterocycles. The summed E-state index contributed by atoms with van der Waals surface area (Å²) in [6, 6.07) is 25.4. The lowest BCUT2D eigenvalue weighted by molar-refractivity contribution is -0.275. The Morgan fingerprint density at radius 3 is 1.34 bits per heavy atom. The van der Waals surface area contributed by atoms with Gasteiger partial charge in [0.25, 0.3) is 0 Å². The molecule has 13 atom stereocenters. The molecule has 4 saturated carbocycles. The molecular weight excluding hydrogens is 2050 g/mol. The largest absolute Gasteiger partial charge is 0.573 e. The molecule has 3 aromatic carbocycles. The first-order chi connectivity index (χ1) is 66.1. The van der Waals surface area contributed by atoms with Gasteiger partial charge in [0.2, 0.25) is 23.1 Å². The molecule has 0 unspecified atom stereocenters. The number of aryl methyl sites for hydroxylation is 1. The van der Waals surface area contributed by atoms with Crippen LogP contribution in [0.4, 0.5) is 43.8 Å². The number of aliphatic hydroxyl groups excluding tert-OH is 5. The number of hydrogen-bond acceptors (Lipinski definition) is 38. The van der Waals surface area contributed by atoms with Crippen molar-refractivity contribution in [3.63, 3.8) is 0 Å². The maximum absolute atomic E-state index is 13.2. The maximum atomic E-state index is 13.2. The molecule has 0 amide bonds. The number of rotatable bonds is 38. The molecule has 752 valence electrons. The van der Waals surface area contributed by atoms with Gasteiger partial charge in [0.1, 0.15) is 77.4 Å². The van der Waals surface area contributed by atoms with E-state index in [4.69, 9.17) is 32.2 Å². The Bertz CT molecular complexity index is 6650. The van der Waals surface area contributed by atoms with Crippen LogP contribution in [0.5, 0.6) is 5.75 Å². The van der Waals surface area contributed by atoms with Gasteiger partial charge in [0, 0.05) is 106 Å². The second-order valence-electron chi connectivity index (χ2n) is 32.4. The number of hydrogen-bond donors (Lipinski definition) is 12. The fraction of sp³-hybridized carbons (Fsp3) is 0.390. The number of aliphatic hydroxyl groups is 5. The van der Waals surface area contributed by atoms with Gasteiger partial charge in [-0.15, -0.1) is 13.2 Å². The normalized spacial score (nSPS) is 21.0. The van der Waals surface area contributed by atoms with Crippen molar-refractivity contribution in [1.29, 1.82) is 0 Å². The number of nitrogens with two attached hydrogens (primary N) is 4. The third-order valence-corrected chi connectivity index (χ3v) is 25.4. The van der Waals surface area contributed by atoms with E-state index in [1.807, 2.05) is 36.4 Å². The molecule has 140 heavy (non-hydrogen) atoms. The first kappa shape index (κ1) is 108. The highest BCUT2D eigenvalue weighted by atomic mass is 79.9. The van der Waals surface area contributed by atoms with Crippen molar-refractivity contribution >= 4 is 121 Å². The number of alkyl halides is 6. The van der Waals surface area contributed by atoms with E-state index < -0.39 is 137 Å². The first-order valence-corrected chi connectivity index (χ1v) is 50.0. The summed E-state index contributed by atoms with van der Waals surface area (Å²) >= 11 is 9.29. The van der Waals surface area contributed by atoms with Crippen molar-refractivity contribution in [3.8, 4) is 5.75 Å². The van der Waals surface area contributed by atoms with Gasteiger partial charge in [-0.2, -0.15) is 67.2 Å². The summed E-state index contributed by atoms with van der Waals surface area (Å²) in [4.78, 5) is 84.7. The molecule has 4 fully saturated rings. The van der Waals surface area contributed by atoms with Crippen LogP contribution >= 0.6 is 39.3 Å². The minimum atomic E-state index is -4.85. The minimum Gasteiger partial charge on any atom is -0.405 e. The molecule has 58 heteroatoms. The van der Waals surface area contributed by atoms with Gasteiger partial charge in [0.15, 0.2) is 0 Å². The van der Waals surface area contributed by atoms with Gasteiger partial charge in [-0.1, -0.05) is 70.0 Å². The zero-order valence-electron chi connectivity index (χ0n) is 72.9. The Balaban J connectivity index is 0.000000167. The molecule has 8 heterocycles. The topological polar surface area (TPSA) is 667 Å². The number of nitrogens with zero attached hydrogens (tertiary/aromatic N) is 16. The number of aromatic nitrogens is 16. The van der Waals surface area contributed by atoms with E-state index in [0.717, 1.165) is 15.6 Å². The van der Waals surface area contributed by atoms with Crippen LogP contribution in [0.2, 0.25) is 5.02 Å². The zero-order valence-corrected chi connectivity index (χ0v) is 79.3. The molecule has 15 rings (SSSR count). The third-order valence-electron chi connectivity index (χ3n) is 22.1. The van der Waals surface area contributed by atoms with Gasteiger partial charge >= 0.3 is 53.1 Å². The molecule has 0 saturated heterocycles. The average Bonchev–Trinajstić information content (AvgIpc) is 1.65. The molecule has 0 radical (unpaired) electrons. The summed E-state index contributed by atoms with van der Waals surface area (Å²) in [7, 11) is -16.5. The molecule has 8 aromatic heterocycles. The van der Waals surface area contributed by atoms with E-state index in [1.54, 1.807) is 52.1 Å². The number of ether oxygens (including phenoxy) is 1.